The zero-order valence-corrected chi connectivity index (χ0v) is 13.5. The van der Waals surface area contributed by atoms with Crippen molar-refractivity contribution in [2.45, 2.75) is 44.6 Å². The lowest BCUT2D eigenvalue weighted by molar-refractivity contribution is 0.0934. The number of benzene rings is 1. The fraction of sp³-hybridized carbons (Fsp3) is 0.533. The van der Waals surface area contributed by atoms with Crippen LogP contribution in [0.25, 0.3) is 0 Å². The van der Waals surface area contributed by atoms with Gasteiger partial charge in [-0.2, -0.15) is 0 Å². The highest BCUT2D eigenvalue weighted by Crippen LogP contribution is 2.50. The lowest BCUT2D eigenvalue weighted by atomic mass is 9.93. The molecule has 1 amide bonds. The van der Waals surface area contributed by atoms with Gasteiger partial charge < -0.3 is 10.0 Å². The number of carbonyl (C=O) groups is 1. The van der Waals surface area contributed by atoms with Crippen molar-refractivity contribution in [3.05, 3.63) is 34.1 Å². The minimum atomic E-state index is -0.931. The molecule has 0 saturated heterocycles. The summed E-state index contributed by atoms with van der Waals surface area (Å²) in [6.45, 7) is 6.03. The summed E-state index contributed by atoms with van der Waals surface area (Å²) in [6, 6.07) is 4.82. The molecular weight excluding hydrogens is 325 g/mol. The zero-order valence-electron chi connectivity index (χ0n) is 11.9. The maximum Gasteiger partial charge on any atom is 0.407 e. The summed E-state index contributed by atoms with van der Waals surface area (Å²) in [7, 11) is 0. The molecule has 20 heavy (non-hydrogen) atoms. The number of hydrogen-bond donors (Lipinski definition) is 1. The molecule has 0 spiro atoms. The van der Waals surface area contributed by atoms with Crippen LogP contribution in [0.5, 0.6) is 0 Å². The lowest BCUT2D eigenvalue weighted by Gasteiger charge is -2.36. The Morgan fingerprint density at radius 3 is 2.40 bits per heavy atom. The number of nitrogens with zero attached hydrogens (tertiary/aromatic N) is 1. The average Bonchev–Trinajstić information content (AvgIpc) is 3.03. The second-order valence-electron chi connectivity index (χ2n) is 6.48. The molecule has 1 saturated carbocycles. The minimum Gasteiger partial charge on any atom is -0.465 e. The second kappa shape index (κ2) is 5.02. The van der Waals surface area contributed by atoms with Crippen LogP contribution in [0, 0.1) is 5.82 Å². The molecule has 0 bridgehead atoms. The highest BCUT2D eigenvalue weighted by molar-refractivity contribution is 9.10. The standard InChI is InChI=1S/C15H19BrFNO2/c1-14(2,3)18(13(19)20)9-15(4-5-15)10-6-11(16)8-12(17)7-10/h6-8H,4-5,9H2,1-3H3,(H,19,20). The van der Waals surface area contributed by atoms with E-state index in [9.17, 15) is 14.3 Å². The van der Waals surface area contributed by atoms with Crippen molar-refractivity contribution < 1.29 is 14.3 Å². The van der Waals surface area contributed by atoms with E-state index < -0.39 is 11.6 Å². The second-order valence-corrected chi connectivity index (χ2v) is 7.39. The van der Waals surface area contributed by atoms with Gasteiger partial charge in [-0.15, -0.1) is 0 Å². The summed E-state index contributed by atoms with van der Waals surface area (Å²) in [6.07, 6.45) is 0.852. The van der Waals surface area contributed by atoms with E-state index in [2.05, 4.69) is 15.9 Å². The molecule has 1 aliphatic rings. The van der Waals surface area contributed by atoms with E-state index in [1.54, 1.807) is 0 Å². The van der Waals surface area contributed by atoms with Crippen LogP contribution in [-0.4, -0.2) is 28.2 Å². The molecule has 1 aromatic rings. The third-order valence-corrected chi connectivity index (χ3v) is 4.29. The highest BCUT2D eigenvalue weighted by atomic mass is 79.9. The van der Waals surface area contributed by atoms with Crippen molar-refractivity contribution in [3.63, 3.8) is 0 Å². The van der Waals surface area contributed by atoms with Crippen LogP contribution in [-0.2, 0) is 5.41 Å². The van der Waals surface area contributed by atoms with E-state index >= 15 is 0 Å². The molecule has 5 heteroatoms. The summed E-state index contributed by atoms with van der Waals surface area (Å²) >= 11 is 3.30. The summed E-state index contributed by atoms with van der Waals surface area (Å²) in [5.41, 5.74) is 0.169. The Labute approximate surface area is 126 Å². The molecular formula is C15H19BrFNO2. The molecule has 1 fully saturated rings. The van der Waals surface area contributed by atoms with Crippen LogP contribution >= 0.6 is 15.9 Å². The van der Waals surface area contributed by atoms with Crippen molar-refractivity contribution in [2.75, 3.05) is 6.54 Å². The number of halogens is 2. The molecule has 0 heterocycles. The van der Waals surface area contributed by atoms with Crippen molar-refractivity contribution in [2.24, 2.45) is 0 Å². The van der Waals surface area contributed by atoms with E-state index in [0.717, 1.165) is 18.4 Å². The topological polar surface area (TPSA) is 40.5 Å². The molecule has 2 rings (SSSR count). The average molecular weight is 344 g/mol. The molecule has 3 nitrogen and oxygen atoms in total. The van der Waals surface area contributed by atoms with Crippen LogP contribution in [0.2, 0.25) is 0 Å². The monoisotopic (exact) mass is 343 g/mol. The van der Waals surface area contributed by atoms with Gasteiger partial charge in [0.25, 0.3) is 0 Å². The van der Waals surface area contributed by atoms with Crippen LogP contribution in [0.3, 0.4) is 0 Å². The Bertz CT molecular complexity index is 515. The Balaban J connectivity index is 2.29. The first-order chi connectivity index (χ1) is 9.14. The largest absolute Gasteiger partial charge is 0.465 e. The number of hydrogen-bond acceptors (Lipinski definition) is 1. The molecule has 0 radical (unpaired) electrons. The molecule has 1 aromatic carbocycles. The van der Waals surface area contributed by atoms with Gasteiger partial charge in [0.05, 0.1) is 0 Å². The maximum atomic E-state index is 13.6. The molecule has 110 valence electrons. The first-order valence-electron chi connectivity index (χ1n) is 6.61. The van der Waals surface area contributed by atoms with Gasteiger partial charge in [0, 0.05) is 22.0 Å². The number of carboxylic acid groups (broad SMARTS) is 1. The van der Waals surface area contributed by atoms with E-state index in [-0.39, 0.29) is 11.2 Å². The fourth-order valence-electron chi connectivity index (χ4n) is 2.44. The number of rotatable bonds is 3. The summed E-state index contributed by atoms with van der Waals surface area (Å²) in [5.74, 6) is -0.293. The van der Waals surface area contributed by atoms with Gasteiger partial charge >= 0.3 is 6.09 Å². The van der Waals surface area contributed by atoms with Gasteiger partial charge in [-0.3, -0.25) is 0 Å². The SMILES string of the molecule is CC(C)(C)N(CC1(c2cc(F)cc(Br)c2)CC1)C(=O)O. The van der Waals surface area contributed by atoms with E-state index in [4.69, 9.17) is 0 Å². The molecule has 1 aliphatic carbocycles. The Morgan fingerprint density at radius 1 is 1.40 bits per heavy atom. The molecule has 0 unspecified atom stereocenters. The van der Waals surface area contributed by atoms with Crippen molar-refractivity contribution in [1.29, 1.82) is 0 Å². The van der Waals surface area contributed by atoms with Gasteiger partial charge in [0.15, 0.2) is 0 Å². The molecule has 0 aliphatic heterocycles. The predicted molar refractivity (Wildman–Crippen MR) is 79.5 cm³/mol. The maximum absolute atomic E-state index is 13.6. The van der Waals surface area contributed by atoms with Crippen molar-refractivity contribution in [1.82, 2.24) is 4.90 Å². The molecule has 0 atom stereocenters. The van der Waals surface area contributed by atoms with Crippen LogP contribution < -0.4 is 0 Å². The molecule has 1 N–H and O–H groups in total. The fourth-order valence-corrected chi connectivity index (χ4v) is 2.91. The predicted octanol–water partition coefficient (Wildman–Crippen LogP) is 4.40. The van der Waals surface area contributed by atoms with Gasteiger partial charge in [-0.05, 0) is 57.4 Å². The van der Waals surface area contributed by atoms with E-state index in [1.807, 2.05) is 26.8 Å². The first kappa shape index (κ1) is 15.3. The van der Waals surface area contributed by atoms with E-state index in [1.165, 1.54) is 17.0 Å². The smallest absolute Gasteiger partial charge is 0.407 e. The van der Waals surface area contributed by atoms with Gasteiger partial charge in [0.2, 0.25) is 0 Å². The first-order valence-corrected chi connectivity index (χ1v) is 7.40. The van der Waals surface area contributed by atoms with Crippen LogP contribution in [0.4, 0.5) is 9.18 Å². The Kier molecular flexibility index (Phi) is 3.84. The Hall–Kier alpha value is -1.10. The number of amides is 1. The molecule has 0 aromatic heterocycles. The third-order valence-electron chi connectivity index (χ3n) is 3.83. The van der Waals surface area contributed by atoms with E-state index in [0.29, 0.717) is 11.0 Å². The Morgan fingerprint density at radius 2 is 2.00 bits per heavy atom. The van der Waals surface area contributed by atoms with Crippen LogP contribution in [0.15, 0.2) is 22.7 Å². The quantitative estimate of drug-likeness (QED) is 0.883. The zero-order chi connectivity index (χ0) is 15.1. The van der Waals surface area contributed by atoms with Crippen molar-refractivity contribution in [3.8, 4) is 0 Å². The van der Waals surface area contributed by atoms with Gasteiger partial charge in [0.1, 0.15) is 5.82 Å². The summed E-state index contributed by atoms with van der Waals surface area (Å²) in [5, 5.41) is 9.40. The summed E-state index contributed by atoms with van der Waals surface area (Å²) < 4.78 is 14.2. The minimum absolute atomic E-state index is 0.240. The van der Waals surface area contributed by atoms with Gasteiger partial charge in [-0.25, -0.2) is 9.18 Å². The lowest BCUT2D eigenvalue weighted by Crippen LogP contribution is -2.48. The highest BCUT2D eigenvalue weighted by Gasteiger charge is 2.48. The normalized spacial score (nSPS) is 16.9. The van der Waals surface area contributed by atoms with Gasteiger partial charge in [-0.1, -0.05) is 15.9 Å². The summed E-state index contributed by atoms with van der Waals surface area (Å²) in [4.78, 5) is 12.9. The third kappa shape index (κ3) is 3.14. The van der Waals surface area contributed by atoms with Crippen molar-refractivity contribution >= 4 is 22.0 Å². The van der Waals surface area contributed by atoms with Crippen LogP contribution in [0.1, 0.15) is 39.2 Å².